The number of ether oxygens (including phenoxy) is 1. The van der Waals surface area contributed by atoms with Gasteiger partial charge in [-0.25, -0.2) is 0 Å². The highest BCUT2D eigenvalue weighted by molar-refractivity contribution is 4.93. The molecule has 0 amide bonds. The molecule has 106 valence electrons. The van der Waals surface area contributed by atoms with Crippen LogP contribution in [0.15, 0.2) is 0 Å². The second-order valence-electron chi connectivity index (χ2n) is 6.48. The van der Waals surface area contributed by atoms with E-state index in [9.17, 15) is 5.11 Å². The average Bonchev–Trinajstić information content (AvgIpc) is 2.39. The summed E-state index contributed by atoms with van der Waals surface area (Å²) >= 11 is 0. The van der Waals surface area contributed by atoms with E-state index in [4.69, 9.17) is 4.74 Å². The Labute approximate surface area is 112 Å². The van der Waals surface area contributed by atoms with Crippen LogP contribution in [0.25, 0.3) is 0 Å². The van der Waals surface area contributed by atoms with Gasteiger partial charge in [-0.05, 0) is 37.5 Å². The SMILES string of the molecule is CCCC1CC(O)(C2CCCC(CC)C2)CCO1. The molecule has 2 rings (SSSR count). The van der Waals surface area contributed by atoms with Gasteiger partial charge in [0.25, 0.3) is 0 Å². The van der Waals surface area contributed by atoms with Crippen LogP contribution in [0.4, 0.5) is 0 Å². The van der Waals surface area contributed by atoms with Gasteiger partial charge in [0, 0.05) is 13.0 Å². The summed E-state index contributed by atoms with van der Waals surface area (Å²) in [5, 5.41) is 11.0. The summed E-state index contributed by atoms with van der Waals surface area (Å²) < 4.78 is 5.80. The van der Waals surface area contributed by atoms with Gasteiger partial charge in [0.05, 0.1) is 11.7 Å². The van der Waals surface area contributed by atoms with Crippen molar-refractivity contribution in [2.75, 3.05) is 6.61 Å². The molecule has 4 unspecified atom stereocenters. The summed E-state index contributed by atoms with van der Waals surface area (Å²) in [4.78, 5) is 0. The van der Waals surface area contributed by atoms with E-state index in [0.29, 0.717) is 12.0 Å². The number of hydrogen-bond donors (Lipinski definition) is 1. The van der Waals surface area contributed by atoms with Crippen molar-refractivity contribution in [3.63, 3.8) is 0 Å². The van der Waals surface area contributed by atoms with Crippen LogP contribution in [0, 0.1) is 11.8 Å². The Hall–Kier alpha value is -0.0800. The molecule has 0 bridgehead atoms. The molecule has 1 saturated heterocycles. The van der Waals surface area contributed by atoms with Crippen LogP contribution in [-0.2, 0) is 4.74 Å². The fourth-order valence-corrected chi connectivity index (χ4v) is 3.99. The van der Waals surface area contributed by atoms with Crippen LogP contribution >= 0.6 is 0 Å². The molecule has 1 saturated carbocycles. The quantitative estimate of drug-likeness (QED) is 0.824. The van der Waals surface area contributed by atoms with Crippen molar-refractivity contribution in [2.45, 2.75) is 83.3 Å². The van der Waals surface area contributed by atoms with Gasteiger partial charge < -0.3 is 9.84 Å². The van der Waals surface area contributed by atoms with E-state index in [0.717, 1.165) is 38.2 Å². The molecule has 4 atom stereocenters. The molecule has 0 aromatic rings. The Kier molecular flexibility index (Phi) is 5.08. The van der Waals surface area contributed by atoms with Gasteiger partial charge in [0.15, 0.2) is 0 Å². The molecule has 1 heterocycles. The van der Waals surface area contributed by atoms with Gasteiger partial charge in [-0.1, -0.05) is 39.5 Å². The maximum absolute atomic E-state index is 11.0. The van der Waals surface area contributed by atoms with Gasteiger partial charge in [-0.2, -0.15) is 0 Å². The van der Waals surface area contributed by atoms with E-state index in [2.05, 4.69) is 13.8 Å². The van der Waals surface area contributed by atoms with Crippen LogP contribution < -0.4 is 0 Å². The molecule has 2 fully saturated rings. The van der Waals surface area contributed by atoms with Crippen molar-refractivity contribution in [1.29, 1.82) is 0 Å². The first-order valence-corrected chi connectivity index (χ1v) is 8.02. The first-order chi connectivity index (χ1) is 8.68. The van der Waals surface area contributed by atoms with Crippen molar-refractivity contribution >= 4 is 0 Å². The van der Waals surface area contributed by atoms with Gasteiger partial charge in [0.1, 0.15) is 0 Å². The highest BCUT2D eigenvalue weighted by Gasteiger charge is 2.42. The predicted octanol–water partition coefficient (Wildman–Crippen LogP) is 3.91. The summed E-state index contributed by atoms with van der Waals surface area (Å²) in [6, 6.07) is 0. The lowest BCUT2D eigenvalue weighted by molar-refractivity contribution is -0.142. The van der Waals surface area contributed by atoms with Gasteiger partial charge in [-0.3, -0.25) is 0 Å². The lowest BCUT2D eigenvalue weighted by atomic mass is 9.68. The Morgan fingerprint density at radius 2 is 2.11 bits per heavy atom. The molecule has 0 spiro atoms. The largest absolute Gasteiger partial charge is 0.389 e. The second-order valence-corrected chi connectivity index (χ2v) is 6.48. The van der Waals surface area contributed by atoms with E-state index in [1.54, 1.807) is 0 Å². The number of hydrogen-bond acceptors (Lipinski definition) is 2. The minimum atomic E-state index is -0.425. The zero-order valence-corrected chi connectivity index (χ0v) is 12.2. The van der Waals surface area contributed by atoms with E-state index in [-0.39, 0.29) is 0 Å². The summed E-state index contributed by atoms with van der Waals surface area (Å²) in [6.45, 7) is 5.25. The lowest BCUT2D eigenvalue weighted by Crippen LogP contribution is -2.48. The lowest BCUT2D eigenvalue weighted by Gasteiger charge is -2.45. The summed E-state index contributed by atoms with van der Waals surface area (Å²) in [5.74, 6) is 1.37. The van der Waals surface area contributed by atoms with Gasteiger partial charge in [-0.15, -0.1) is 0 Å². The van der Waals surface area contributed by atoms with Crippen molar-refractivity contribution in [3.8, 4) is 0 Å². The van der Waals surface area contributed by atoms with Crippen molar-refractivity contribution in [1.82, 2.24) is 0 Å². The van der Waals surface area contributed by atoms with E-state index < -0.39 is 5.60 Å². The molecule has 2 aliphatic rings. The van der Waals surface area contributed by atoms with Crippen molar-refractivity contribution in [3.05, 3.63) is 0 Å². The zero-order chi connectivity index (χ0) is 13.0. The minimum absolute atomic E-state index is 0.302. The number of aliphatic hydroxyl groups is 1. The summed E-state index contributed by atoms with van der Waals surface area (Å²) in [5.41, 5.74) is -0.425. The van der Waals surface area contributed by atoms with E-state index >= 15 is 0 Å². The minimum Gasteiger partial charge on any atom is -0.389 e. The maximum Gasteiger partial charge on any atom is 0.0722 e. The molecular weight excluding hydrogens is 224 g/mol. The third kappa shape index (κ3) is 3.27. The highest BCUT2D eigenvalue weighted by atomic mass is 16.5. The Morgan fingerprint density at radius 3 is 2.83 bits per heavy atom. The fraction of sp³-hybridized carbons (Fsp3) is 1.00. The molecule has 18 heavy (non-hydrogen) atoms. The highest BCUT2D eigenvalue weighted by Crippen LogP contribution is 2.43. The van der Waals surface area contributed by atoms with Gasteiger partial charge >= 0.3 is 0 Å². The normalized spacial score (nSPS) is 41.8. The van der Waals surface area contributed by atoms with Crippen molar-refractivity contribution < 1.29 is 9.84 Å². The predicted molar refractivity (Wildman–Crippen MR) is 74.6 cm³/mol. The fourth-order valence-electron chi connectivity index (χ4n) is 3.99. The molecule has 0 radical (unpaired) electrons. The monoisotopic (exact) mass is 254 g/mol. The summed E-state index contributed by atoms with van der Waals surface area (Å²) in [7, 11) is 0. The third-order valence-corrected chi connectivity index (χ3v) is 5.20. The van der Waals surface area contributed by atoms with E-state index in [1.807, 2.05) is 0 Å². The van der Waals surface area contributed by atoms with Crippen LogP contribution in [0.1, 0.15) is 71.6 Å². The molecule has 2 nitrogen and oxygen atoms in total. The van der Waals surface area contributed by atoms with Crippen LogP contribution in [0.5, 0.6) is 0 Å². The third-order valence-electron chi connectivity index (χ3n) is 5.20. The molecule has 2 heteroatoms. The second kappa shape index (κ2) is 6.38. The van der Waals surface area contributed by atoms with Crippen LogP contribution in [-0.4, -0.2) is 23.4 Å². The summed E-state index contributed by atoms with van der Waals surface area (Å²) in [6.07, 6.45) is 10.7. The topological polar surface area (TPSA) is 29.5 Å². The smallest absolute Gasteiger partial charge is 0.0722 e. The van der Waals surface area contributed by atoms with Crippen molar-refractivity contribution in [2.24, 2.45) is 11.8 Å². The standard InChI is InChI=1S/C16H30O2/c1-3-6-15-12-16(17,9-10-18-15)14-8-5-7-13(4-2)11-14/h13-15,17H,3-12H2,1-2H3. The first kappa shape index (κ1) is 14.3. The Balaban J connectivity index is 1.96. The molecular formula is C16H30O2. The molecule has 1 N–H and O–H groups in total. The Bertz CT molecular complexity index is 251. The average molecular weight is 254 g/mol. The number of rotatable bonds is 4. The molecule has 1 aliphatic carbocycles. The van der Waals surface area contributed by atoms with Gasteiger partial charge in [0.2, 0.25) is 0 Å². The maximum atomic E-state index is 11.0. The van der Waals surface area contributed by atoms with E-state index in [1.165, 1.54) is 32.1 Å². The first-order valence-electron chi connectivity index (χ1n) is 8.02. The van der Waals surface area contributed by atoms with Crippen LogP contribution in [0.2, 0.25) is 0 Å². The molecule has 1 aliphatic heterocycles. The Morgan fingerprint density at radius 1 is 1.28 bits per heavy atom. The van der Waals surface area contributed by atoms with Crippen LogP contribution in [0.3, 0.4) is 0 Å². The molecule has 0 aromatic heterocycles. The molecule has 0 aromatic carbocycles. The zero-order valence-electron chi connectivity index (χ0n) is 12.2.